The molecule has 2 N–H and O–H groups in total. The van der Waals surface area contributed by atoms with E-state index in [1.807, 2.05) is 18.2 Å². The standard InChI is InChI=1S/C40H32N2/c1-5-27(23-24-41)37-21-22-38(42-37)33-17-12-18-34(26(33)4)40-32(7-3)31(6-2)39(35-15-10-11-16-36(35)40)30-20-19-28-13-8-9-14-29(28)25-30/h5-25,41-42H,1-3H2,4H3/b27-23+,41-24?. The number of fused-ring (bicyclic) bond motifs is 2. The van der Waals surface area contributed by atoms with E-state index in [2.05, 4.69) is 123 Å². The smallest absolute Gasteiger partial charge is 0.0461 e. The van der Waals surface area contributed by atoms with Crippen LogP contribution in [-0.2, 0) is 0 Å². The lowest BCUT2D eigenvalue weighted by atomic mass is 9.81. The third-order valence-electron chi connectivity index (χ3n) is 8.11. The molecule has 6 aromatic rings. The fourth-order valence-electron chi connectivity index (χ4n) is 6.13. The molecular formula is C40H32N2. The van der Waals surface area contributed by atoms with Crippen molar-refractivity contribution < 1.29 is 0 Å². The first-order valence-corrected chi connectivity index (χ1v) is 14.0. The van der Waals surface area contributed by atoms with Gasteiger partial charge in [0.25, 0.3) is 0 Å². The van der Waals surface area contributed by atoms with Gasteiger partial charge in [0.2, 0.25) is 0 Å². The summed E-state index contributed by atoms with van der Waals surface area (Å²) in [5, 5.41) is 12.3. The minimum absolute atomic E-state index is 0.880. The average molecular weight is 541 g/mol. The second-order valence-electron chi connectivity index (χ2n) is 10.3. The maximum atomic E-state index is 7.48. The molecule has 0 fully saturated rings. The third kappa shape index (κ3) is 4.44. The maximum absolute atomic E-state index is 7.48. The molecule has 0 amide bonds. The second kappa shape index (κ2) is 11.2. The van der Waals surface area contributed by atoms with Crippen molar-refractivity contribution in [2.45, 2.75) is 6.92 Å². The minimum atomic E-state index is 0.880. The fraction of sp³-hybridized carbons (Fsp3) is 0.0250. The molecule has 0 aliphatic rings. The van der Waals surface area contributed by atoms with Crippen LogP contribution in [0, 0.1) is 12.3 Å². The highest BCUT2D eigenvalue weighted by Crippen LogP contribution is 2.45. The number of allylic oxidation sites excluding steroid dienone is 3. The molecule has 0 bridgehead atoms. The van der Waals surface area contributed by atoms with Gasteiger partial charge in [-0.25, -0.2) is 0 Å². The van der Waals surface area contributed by atoms with E-state index in [1.165, 1.54) is 38.9 Å². The van der Waals surface area contributed by atoms with E-state index in [4.69, 9.17) is 5.41 Å². The van der Waals surface area contributed by atoms with Gasteiger partial charge < -0.3 is 10.4 Å². The van der Waals surface area contributed by atoms with E-state index in [0.717, 1.165) is 50.3 Å². The molecule has 0 aliphatic carbocycles. The molecule has 1 aromatic heterocycles. The zero-order valence-electron chi connectivity index (χ0n) is 23.7. The molecule has 0 spiro atoms. The summed E-state index contributed by atoms with van der Waals surface area (Å²) >= 11 is 0. The van der Waals surface area contributed by atoms with Gasteiger partial charge in [-0.05, 0) is 97.3 Å². The topological polar surface area (TPSA) is 39.6 Å². The first kappa shape index (κ1) is 26.7. The number of rotatable bonds is 8. The molecule has 0 aliphatic heterocycles. The number of H-pyrrole nitrogens is 1. The molecule has 1 heterocycles. The van der Waals surface area contributed by atoms with Gasteiger partial charge in [0.1, 0.15) is 0 Å². The van der Waals surface area contributed by atoms with Gasteiger partial charge >= 0.3 is 0 Å². The predicted octanol–water partition coefficient (Wildman–Crippen LogP) is 11.1. The van der Waals surface area contributed by atoms with Crippen molar-refractivity contribution in [1.29, 1.82) is 5.41 Å². The van der Waals surface area contributed by atoms with Gasteiger partial charge in [-0.2, -0.15) is 0 Å². The summed E-state index contributed by atoms with van der Waals surface area (Å²) in [7, 11) is 0. The predicted molar refractivity (Wildman–Crippen MR) is 184 cm³/mol. The van der Waals surface area contributed by atoms with Crippen LogP contribution in [0.25, 0.3) is 72.8 Å². The van der Waals surface area contributed by atoms with Crippen molar-refractivity contribution in [1.82, 2.24) is 4.98 Å². The van der Waals surface area contributed by atoms with Crippen LogP contribution in [0.3, 0.4) is 0 Å². The summed E-state index contributed by atoms with van der Waals surface area (Å²) in [5.41, 5.74) is 11.9. The lowest BCUT2D eigenvalue weighted by Crippen LogP contribution is -1.98. The van der Waals surface area contributed by atoms with E-state index in [0.29, 0.717) is 0 Å². The lowest BCUT2D eigenvalue weighted by Gasteiger charge is -2.22. The average Bonchev–Trinajstić information content (AvgIpc) is 3.52. The molecule has 42 heavy (non-hydrogen) atoms. The van der Waals surface area contributed by atoms with Gasteiger partial charge in [-0.3, -0.25) is 0 Å². The largest absolute Gasteiger partial charge is 0.355 e. The number of aromatic nitrogens is 1. The Bertz CT molecular complexity index is 2070. The molecule has 0 saturated carbocycles. The molecular weight excluding hydrogens is 508 g/mol. The van der Waals surface area contributed by atoms with Gasteiger partial charge in [0.05, 0.1) is 0 Å². The van der Waals surface area contributed by atoms with Crippen LogP contribution in [0.5, 0.6) is 0 Å². The molecule has 2 heteroatoms. The van der Waals surface area contributed by atoms with Gasteiger partial charge in [-0.15, -0.1) is 0 Å². The fourth-order valence-corrected chi connectivity index (χ4v) is 6.13. The quantitative estimate of drug-likeness (QED) is 0.142. The van der Waals surface area contributed by atoms with E-state index in [9.17, 15) is 0 Å². The summed E-state index contributed by atoms with van der Waals surface area (Å²) < 4.78 is 0. The van der Waals surface area contributed by atoms with Crippen molar-refractivity contribution in [3.05, 3.63) is 151 Å². The third-order valence-corrected chi connectivity index (χ3v) is 8.11. The molecule has 0 unspecified atom stereocenters. The van der Waals surface area contributed by atoms with Crippen molar-refractivity contribution in [2.24, 2.45) is 0 Å². The van der Waals surface area contributed by atoms with Crippen LogP contribution in [0.1, 0.15) is 22.4 Å². The zero-order chi connectivity index (χ0) is 29.2. The van der Waals surface area contributed by atoms with E-state index >= 15 is 0 Å². The highest BCUT2D eigenvalue weighted by atomic mass is 14.7. The Labute approximate surface area is 247 Å². The highest BCUT2D eigenvalue weighted by molar-refractivity contribution is 6.12. The van der Waals surface area contributed by atoms with Crippen LogP contribution < -0.4 is 0 Å². The Hall–Kier alpha value is -5.47. The minimum Gasteiger partial charge on any atom is -0.355 e. The Kier molecular flexibility index (Phi) is 7.12. The van der Waals surface area contributed by atoms with Crippen molar-refractivity contribution in [3.63, 3.8) is 0 Å². The first-order valence-electron chi connectivity index (χ1n) is 14.0. The molecule has 6 rings (SSSR count). The Morgan fingerprint density at radius 2 is 1.36 bits per heavy atom. The van der Waals surface area contributed by atoms with Gasteiger partial charge in [0, 0.05) is 23.2 Å². The van der Waals surface area contributed by atoms with Crippen LogP contribution >= 0.6 is 0 Å². The number of nitrogens with one attached hydrogen (secondary N) is 2. The summed E-state index contributed by atoms with van der Waals surface area (Å²) in [5.74, 6) is 0. The normalized spacial score (nSPS) is 11.5. The molecule has 0 atom stereocenters. The first-order chi connectivity index (χ1) is 20.6. The Morgan fingerprint density at radius 1 is 0.690 bits per heavy atom. The lowest BCUT2D eigenvalue weighted by molar-refractivity contribution is 1.33. The maximum Gasteiger partial charge on any atom is 0.0461 e. The highest BCUT2D eigenvalue weighted by Gasteiger charge is 2.21. The van der Waals surface area contributed by atoms with Crippen molar-refractivity contribution in [2.75, 3.05) is 0 Å². The van der Waals surface area contributed by atoms with E-state index in [-0.39, 0.29) is 0 Å². The number of hydrogen-bond donors (Lipinski definition) is 2. The van der Waals surface area contributed by atoms with Gasteiger partial charge in [0.15, 0.2) is 0 Å². The molecule has 202 valence electrons. The summed E-state index contributed by atoms with van der Waals surface area (Å²) in [6.07, 6.45) is 8.73. The Balaban J connectivity index is 1.61. The van der Waals surface area contributed by atoms with Crippen molar-refractivity contribution in [3.8, 4) is 33.5 Å². The van der Waals surface area contributed by atoms with Crippen LogP contribution in [0.15, 0.2) is 129 Å². The summed E-state index contributed by atoms with van der Waals surface area (Å²) in [6, 6.07) is 34.4. The second-order valence-corrected chi connectivity index (χ2v) is 10.3. The number of hydrogen-bond acceptors (Lipinski definition) is 1. The number of benzene rings is 5. The van der Waals surface area contributed by atoms with Crippen LogP contribution in [0.2, 0.25) is 0 Å². The summed E-state index contributed by atoms with van der Waals surface area (Å²) in [4.78, 5) is 3.54. The summed E-state index contributed by atoms with van der Waals surface area (Å²) in [6.45, 7) is 14.7. The van der Waals surface area contributed by atoms with E-state index in [1.54, 1.807) is 12.2 Å². The van der Waals surface area contributed by atoms with Crippen LogP contribution in [-0.4, -0.2) is 11.2 Å². The zero-order valence-corrected chi connectivity index (χ0v) is 23.7. The van der Waals surface area contributed by atoms with Crippen molar-refractivity contribution >= 4 is 45.5 Å². The Morgan fingerprint density at radius 3 is 2.07 bits per heavy atom. The monoisotopic (exact) mass is 540 g/mol. The van der Waals surface area contributed by atoms with Gasteiger partial charge in [-0.1, -0.05) is 117 Å². The molecule has 2 nitrogen and oxygen atoms in total. The SMILES string of the molecule is C=C/C(=C\C=N)c1ccc(-c2cccc(-c3c(C=C)c(C=C)c(-c4ccc5ccccc5c4)c4ccccc34)c2C)[nH]1. The molecule has 5 aromatic carbocycles. The van der Waals surface area contributed by atoms with Crippen LogP contribution in [0.4, 0.5) is 0 Å². The number of aromatic amines is 1. The molecule has 0 radical (unpaired) electrons. The van der Waals surface area contributed by atoms with E-state index < -0.39 is 0 Å². The molecule has 0 saturated heterocycles.